The second-order valence-corrected chi connectivity index (χ2v) is 10.7. The first kappa shape index (κ1) is 37.3. The van der Waals surface area contributed by atoms with Gasteiger partial charge in [-0.15, -0.1) is 11.6 Å². The van der Waals surface area contributed by atoms with Gasteiger partial charge in [-0.1, -0.05) is 25.0 Å². The second kappa shape index (κ2) is 20.2. The minimum absolute atomic E-state index is 0.136. The minimum atomic E-state index is -0.725. The van der Waals surface area contributed by atoms with Crippen LogP contribution in [0.4, 0.5) is 0 Å². The van der Waals surface area contributed by atoms with Crippen molar-refractivity contribution < 1.29 is 42.7 Å². The van der Waals surface area contributed by atoms with Gasteiger partial charge in [-0.25, -0.2) is 9.59 Å². The molecular weight excluding hydrogens is 638 g/mol. The van der Waals surface area contributed by atoms with Crippen LogP contribution in [0.1, 0.15) is 47.9 Å². The number of carbonyl (C=O) groups is 2. The molecule has 0 fully saturated rings. The van der Waals surface area contributed by atoms with E-state index in [9.17, 15) is 14.9 Å². The third-order valence-corrected chi connectivity index (χ3v) is 7.20. The summed E-state index contributed by atoms with van der Waals surface area (Å²) in [4.78, 5) is 23.3. The first-order valence-corrected chi connectivity index (χ1v) is 15.8. The summed E-state index contributed by atoms with van der Waals surface area (Å²) in [6.07, 6.45) is 8.34. The average molecular weight is 678 g/mol. The lowest BCUT2D eigenvalue weighted by Gasteiger charge is -2.15. The molecule has 0 atom stereocenters. The Bertz CT molecular complexity index is 1630. The van der Waals surface area contributed by atoms with Gasteiger partial charge in [-0.2, -0.15) is 5.26 Å². The van der Waals surface area contributed by atoms with Crippen molar-refractivity contribution >= 4 is 35.7 Å². The summed E-state index contributed by atoms with van der Waals surface area (Å²) >= 11 is 5.80. The number of nitriles is 1. The van der Waals surface area contributed by atoms with Crippen LogP contribution in [-0.2, 0) is 32.3 Å². The van der Waals surface area contributed by atoms with Crippen LogP contribution in [0.25, 0.3) is 12.2 Å². The molecule has 0 N–H and O–H groups in total. The number of unbranched alkanes of at least 4 members (excludes halogenated alkanes) is 3. The van der Waals surface area contributed by atoms with E-state index in [2.05, 4.69) is 9.47 Å². The molecule has 0 bridgehead atoms. The van der Waals surface area contributed by atoms with Gasteiger partial charge in [0.2, 0.25) is 0 Å². The molecule has 0 saturated heterocycles. The number of halogens is 1. The predicted octanol–water partition coefficient (Wildman–Crippen LogP) is 7.31. The number of hydrogen-bond donors (Lipinski definition) is 0. The number of benzene rings is 3. The van der Waals surface area contributed by atoms with Crippen LogP contribution in [-0.4, -0.2) is 52.9 Å². The van der Waals surface area contributed by atoms with Gasteiger partial charge in [-0.3, -0.25) is 0 Å². The molecule has 0 radical (unpaired) electrons. The lowest BCUT2D eigenvalue weighted by Crippen LogP contribution is -2.04. The van der Waals surface area contributed by atoms with Crippen LogP contribution >= 0.6 is 11.6 Å². The molecule has 0 aliphatic heterocycles. The number of hydrogen-bond acceptors (Lipinski definition) is 10. The zero-order chi connectivity index (χ0) is 34.7. The molecular formula is C37H40ClNO9. The van der Waals surface area contributed by atoms with Crippen LogP contribution < -0.4 is 23.7 Å². The summed E-state index contributed by atoms with van der Waals surface area (Å²) < 4.78 is 38.8. The fraction of sp³-hybridized carbons (Fsp3) is 0.324. The molecule has 3 rings (SSSR count). The van der Waals surface area contributed by atoms with Crippen LogP contribution in [0.5, 0.6) is 28.7 Å². The highest BCUT2D eigenvalue weighted by atomic mass is 35.5. The number of nitrogens with zero attached hydrogens (tertiary/aromatic N) is 1. The zero-order valence-electron chi connectivity index (χ0n) is 27.6. The van der Waals surface area contributed by atoms with Crippen molar-refractivity contribution in [1.82, 2.24) is 0 Å². The van der Waals surface area contributed by atoms with E-state index in [-0.39, 0.29) is 18.8 Å². The summed E-state index contributed by atoms with van der Waals surface area (Å²) in [5, 5.41) is 9.29. The van der Waals surface area contributed by atoms with Crippen molar-refractivity contribution in [2.45, 2.75) is 38.9 Å². The fourth-order valence-electron chi connectivity index (χ4n) is 4.49. The molecule has 3 aromatic rings. The standard InChI is InChI=1S/C37H40ClNO9/c1-42-34-21-26(11-14-36(40)44-3)9-12-32(34)47-24-28-17-29(20-31(19-28)46-16-8-6-5-7-15-38)25-48-33-13-10-27(22-35(33)43-2)18-30(23-39)37(41)45-4/h9-14,17-22H,5-8,15-16,24-25H2,1-4H3/b14-11+,30-18+. The lowest BCUT2D eigenvalue weighted by molar-refractivity contribution is -0.136. The van der Waals surface area contributed by atoms with E-state index in [0.717, 1.165) is 42.4 Å². The number of ether oxygens (including phenoxy) is 7. The van der Waals surface area contributed by atoms with Gasteiger partial charge < -0.3 is 33.2 Å². The molecule has 0 unspecified atom stereocenters. The van der Waals surface area contributed by atoms with E-state index in [0.29, 0.717) is 46.8 Å². The van der Waals surface area contributed by atoms with E-state index in [1.165, 1.54) is 33.5 Å². The Morgan fingerprint density at radius 2 is 1.33 bits per heavy atom. The van der Waals surface area contributed by atoms with Gasteiger partial charge in [0.15, 0.2) is 23.0 Å². The monoisotopic (exact) mass is 677 g/mol. The normalized spacial score (nSPS) is 11.0. The number of esters is 2. The van der Waals surface area contributed by atoms with Crippen molar-refractivity contribution in [3.8, 4) is 34.8 Å². The Hall–Kier alpha value is -5.14. The molecule has 11 heteroatoms. The number of carbonyl (C=O) groups excluding carboxylic acids is 2. The number of methoxy groups -OCH3 is 4. The molecule has 0 amide bonds. The van der Waals surface area contributed by atoms with Gasteiger partial charge in [0.25, 0.3) is 0 Å². The van der Waals surface area contributed by atoms with Gasteiger partial charge in [-0.05, 0) is 89.7 Å². The van der Waals surface area contributed by atoms with Crippen LogP contribution in [0.2, 0.25) is 0 Å². The van der Waals surface area contributed by atoms with E-state index in [1.54, 1.807) is 43.5 Å². The molecule has 0 saturated carbocycles. The lowest BCUT2D eigenvalue weighted by atomic mass is 10.1. The fourth-order valence-corrected chi connectivity index (χ4v) is 4.68. The minimum Gasteiger partial charge on any atom is -0.494 e. The molecule has 0 aliphatic carbocycles. The highest BCUT2D eigenvalue weighted by Crippen LogP contribution is 2.32. The van der Waals surface area contributed by atoms with Gasteiger partial charge in [0, 0.05) is 12.0 Å². The molecule has 0 aromatic heterocycles. The first-order chi connectivity index (χ1) is 23.3. The molecule has 254 valence electrons. The Morgan fingerprint density at radius 3 is 1.90 bits per heavy atom. The van der Waals surface area contributed by atoms with Crippen molar-refractivity contribution in [3.63, 3.8) is 0 Å². The molecule has 48 heavy (non-hydrogen) atoms. The van der Waals surface area contributed by atoms with E-state index >= 15 is 0 Å². The van der Waals surface area contributed by atoms with E-state index < -0.39 is 11.9 Å². The zero-order valence-corrected chi connectivity index (χ0v) is 28.3. The topological polar surface area (TPSA) is 123 Å². The molecule has 10 nitrogen and oxygen atoms in total. The van der Waals surface area contributed by atoms with Crippen molar-refractivity contribution in [3.05, 3.63) is 88.5 Å². The Kier molecular flexibility index (Phi) is 15.7. The van der Waals surface area contributed by atoms with Crippen LogP contribution in [0.15, 0.2) is 66.2 Å². The summed E-state index contributed by atoms with van der Waals surface area (Å²) in [6, 6.07) is 18.1. The van der Waals surface area contributed by atoms with Gasteiger partial charge >= 0.3 is 11.9 Å². The van der Waals surface area contributed by atoms with Crippen molar-refractivity contribution in [2.24, 2.45) is 0 Å². The highest BCUT2D eigenvalue weighted by molar-refractivity contribution is 6.17. The Labute approximate surface area is 286 Å². The largest absolute Gasteiger partial charge is 0.494 e. The molecule has 3 aromatic carbocycles. The Balaban J connectivity index is 1.80. The van der Waals surface area contributed by atoms with Gasteiger partial charge in [0.05, 0.1) is 35.0 Å². The third-order valence-electron chi connectivity index (χ3n) is 6.94. The maximum atomic E-state index is 11.8. The summed E-state index contributed by atoms with van der Waals surface area (Å²) in [5.74, 6) is 2.09. The quantitative estimate of drug-likeness (QED) is 0.0420. The number of rotatable bonds is 19. The maximum absolute atomic E-state index is 11.8. The van der Waals surface area contributed by atoms with Crippen molar-refractivity contribution in [2.75, 3.05) is 40.9 Å². The summed E-state index contributed by atoms with van der Waals surface area (Å²) in [5.41, 5.74) is 2.88. The summed E-state index contributed by atoms with van der Waals surface area (Å²) in [6.45, 7) is 0.974. The summed E-state index contributed by atoms with van der Waals surface area (Å²) in [7, 11) is 5.59. The highest BCUT2D eigenvalue weighted by Gasteiger charge is 2.13. The predicted molar refractivity (Wildman–Crippen MR) is 182 cm³/mol. The average Bonchev–Trinajstić information content (AvgIpc) is 3.12. The van der Waals surface area contributed by atoms with E-state index in [4.69, 9.17) is 35.3 Å². The van der Waals surface area contributed by atoms with Gasteiger partial charge in [0.1, 0.15) is 30.6 Å². The van der Waals surface area contributed by atoms with Crippen LogP contribution in [0.3, 0.4) is 0 Å². The molecule has 0 heterocycles. The number of alkyl halides is 1. The molecule has 0 spiro atoms. The Morgan fingerprint density at radius 1 is 0.729 bits per heavy atom. The van der Waals surface area contributed by atoms with E-state index in [1.807, 2.05) is 30.3 Å². The second-order valence-electron chi connectivity index (χ2n) is 10.4. The van der Waals surface area contributed by atoms with Crippen LogP contribution in [0, 0.1) is 11.3 Å². The first-order valence-electron chi connectivity index (χ1n) is 15.2. The smallest absolute Gasteiger partial charge is 0.348 e. The SMILES string of the molecule is COC(=O)/C=C/c1ccc(OCc2cc(COc3ccc(/C=C(\C#N)C(=O)OC)cc3OC)cc(OCCCCCCCl)c2)c(OC)c1. The molecule has 0 aliphatic rings. The third kappa shape index (κ3) is 11.9. The van der Waals surface area contributed by atoms with Crippen molar-refractivity contribution in [1.29, 1.82) is 5.26 Å². The maximum Gasteiger partial charge on any atom is 0.348 e.